The lowest BCUT2D eigenvalue weighted by molar-refractivity contribution is 1.17. The third-order valence-corrected chi connectivity index (χ3v) is 11.0. The van der Waals surface area contributed by atoms with Crippen LogP contribution in [0.1, 0.15) is 0 Å². The van der Waals surface area contributed by atoms with E-state index < -0.39 is 0 Å². The smallest absolute Gasteiger partial charge is 0.160 e. The van der Waals surface area contributed by atoms with Gasteiger partial charge in [0.25, 0.3) is 0 Å². The summed E-state index contributed by atoms with van der Waals surface area (Å²) >= 11 is 0. The van der Waals surface area contributed by atoms with Gasteiger partial charge < -0.3 is 4.57 Å². The highest BCUT2D eigenvalue weighted by molar-refractivity contribution is 6.13. The first-order valence-electron chi connectivity index (χ1n) is 18.7. The van der Waals surface area contributed by atoms with Crippen LogP contribution < -0.4 is 0 Å². The zero-order valence-electron chi connectivity index (χ0n) is 29.9. The number of benzene rings is 9. The van der Waals surface area contributed by atoms with Crippen LogP contribution in [-0.2, 0) is 0 Å². The predicted octanol–water partition coefficient (Wildman–Crippen LogP) is 13.7. The lowest BCUT2D eigenvalue weighted by atomic mass is 9.97. The molecule has 0 aliphatic rings. The Kier molecular flexibility index (Phi) is 7.17. The maximum atomic E-state index is 5.35. The average molecular weight is 700 g/mol. The van der Waals surface area contributed by atoms with Gasteiger partial charge in [0.2, 0.25) is 0 Å². The van der Waals surface area contributed by atoms with E-state index in [1.807, 2.05) is 0 Å². The van der Waals surface area contributed by atoms with Crippen molar-refractivity contribution in [3.8, 4) is 50.6 Å². The van der Waals surface area contributed by atoms with Crippen molar-refractivity contribution in [3.05, 3.63) is 200 Å². The molecule has 0 atom stereocenters. The summed E-state index contributed by atoms with van der Waals surface area (Å²) in [5, 5.41) is 8.39. The van der Waals surface area contributed by atoms with Gasteiger partial charge in [0.15, 0.2) is 5.82 Å². The summed E-state index contributed by atoms with van der Waals surface area (Å²) in [7, 11) is 0. The largest absolute Gasteiger partial charge is 0.309 e. The van der Waals surface area contributed by atoms with Crippen molar-refractivity contribution in [1.29, 1.82) is 0 Å². The molecule has 256 valence electrons. The Balaban J connectivity index is 1.04. The van der Waals surface area contributed by atoms with E-state index in [1.54, 1.807) is 0 Å². The Hall–Kier alpha value is -7.36. The molecule has 11 rings (SSSR count). The van der Waals surface area contributed by atoms with Crippen molar-refractivity contribution in [2.24, 2.45) is 0 Å². The van der Waals surface area contributed by atoms with Crippen LogP contribution >= 0.6 is 0 Å². The van der Waals surface area contributed by atoms with Crippen LogP contribution in [0.25, 0.3) is 105 Å². The van der Waals surface area contributed by atoms with E-state index >= 15 is 0 Å². The van der Waals surface area contributed by atoms with E-state index in [1.165, 1.54) is 54.5 Å². The minimum Gasteiger partial charge on any atom is -0.309 e. The van der Waals surface area contributed by atoms with E-state index in [4.69, 9.17) is 9.97 Å². The molecular weight excluding hydrogens is 667 g/mol. The molecule has 9 aromatic carbocycles. The Morgan fingerprint density at radius 1 is 0.309 bits per heavy atom. The van der Waals surface area contributed by atoms with Gasteiger partial charge in [0.05, 0.1) is 22.2 Å². The zero-order chi connectivity index (χ0) is 36.3. The molecule has 3 heteroatoms. The van der Waals surface area contributed by atoms with Gasteiger partial charge in [-0.3, -0.25) is 0 Å². The number of fused-ring (bicyclic) bond motifs is 6. The van der Waals surface area contributed by atoms with E-state index in [-0.39, 0.29) is 0 Å². The highest BCUT2D eigenvalue weighted by Gasteiger charge is 2.16. The Labute approximate surface area is 318 Å². The lowest BCUT2D eigenvalue weighted by Crippen LogP contribution is -1.97. The summed E-state index contributed by atoms with van der Waals surface area (Å²) in [6.07, 6.45) is 0. The van der Waals surface area contributed by atoms with Crippen molar-refractivity contribution >= 4 is 54.3 Å². The fraction of sp³-hybridized carbons (Fsp3) is 0. The summed E-state index contributed by atoms with van der Waals surface area (Å²) in [5.41, 5.74) is 12.1. The van der Waals surface area contributed by atoms with Crippen molar-refractivity contribution in [2.75, 3.05) is 0 Å². The SMILES string of the molecule is c1ccc(-c2ccc(-c3ccc4nc(-c5ccc(-n6c7ccccc7c7cc8ccccc8cc76)cc5)nc(-c5ccc6ccccc6c5)c4c3)cc2)cc1. The summed E-state index contributed by atoms with van der Waals surface area (Å²) in [6.45, 7) is 0. The monoisotopic (exact) mass is 699 g/mol. The van der Waals surface area contributed by atoms with Gasteiger partial charge in [0, 0.05) is 33.0 Å². The molecule has 0 N–H and O–H groups in total. The second-order valence-corrected chi connectivity index (χ2v) is 14.2. The first-order valence-corrected chi connectivity index (χ1v) is 18.7. The molecule has 0 aliphatic heterocycles. The Morgan fingerprint density at radius 3 is 1.67 bits per heavy atom. The summed E-state index contributed by atoms with van der Waals surface area (Å²) < 4.78 is 2.37. The molecule has 2 aromatic heterocycles. The molecule has 11 aromatic rings. The van der Waals surface area contributed by atoms with Crippen molar-refractivity contribution in [3.63, 3.8) is 0 Å². The topological polar surface area (TPSA) is 30.7 Å². The standard InChI is InChI=1S/C52H33N3/c1-2-10-34(11-3-1)36-18-20-37(21-19-36)42-26-29-48-47(32-42)51(43-23-22-35-12-4-5-13-39(35)30-43)54-52(53-48)38-24-27-44(28-25-38)55-49-17-9-8-16-45(49)46-31-40-14-6-7-15-41(40)33-50(46)55/h1-33H. The number of aromatic nitrogens is 3. The molecule has 0 amide bonds. The quantitative estimate of drug-likeness (QED) is 0.179. The zero-order valence-corrected chi connectivity index (χ0v) is 29.9. The minimum absolute atomic E-state index is 0.704. The summed E-state index contributed by atoms with van der Waals surface area (Å²) in [6, 6.07) is 71.6. The molecule has 3 nitrogen and oxygen atoms in total. The van der Waals surface area contributed by atoms with E-state index in [2.05, 4.69) is 205 Å². The lowest BCUT2D eigenvalue weighted by Gasteiger charge is -2.13. The molecule has 0 saturated carbocycles. The average Bonchev–Trinajstić information content (AvgIpc) is 3.58. The van der Waals surface area contributed by atoms with Crippen LogP contribution in [0.5, 0.6) is 0 Å². The van der Waals surface area contributed by atoms with Gasteiger partial charge in [-0.15, -0.1) is 0 Å². The predicted molar refractivity (Wildman–Crippen MR) is 231 cm³/mol. The van der Waals surface area contributed by atoms with Crippen LogP contribution in [-0.4, -0.2) is 14.5 Å². The molecule has 0 bridgehead atoms. The minimum atomic E-state index is 0.704. The van der Waals surface area contributed by atoms with Gasteiger partial charge in [-0.25, -0.2) is 9.97 Å². The van der Waals surface area contributed by atoms with Gasteiger partial charge >= 0.3 is 0 Å². The number of nitrogens with zero attached hydrogens (tertiary/aromatic N) is 3. The first kappa shape index (κ1) is 31.2. The maximum Gasteiger partial charge on any atom is 0.160 e. The second-order valence-electron chi connectivity index (χ2n) is 14.2. The molecule has 0 unspecified atom stereocenters. The third-order valence-electron chi connectivity index (χ3n) is 11.0. The number of hydrogen-bond donors (Lipinski definition) is 0. The van der Waals surface area contributed by atoms with Crippen LogP contribution in [0.4, 0.5) is 0 Å². The highest BCUT2D eigenvalue weighted by Crippen LogP contribution is 2.37. The van der Waals surface area contributed by atoms with Crippen molar-refractivity contribution in [1.82, 2.24) is 14.5 Å². The molecule has 0 radical (unpaired) electrons. The Bertz CT molecular complexity index is 3230. The maximum absolute atomic E-state index is 5.35. The molecular formula is C52H33N3. The molecule has 0 spiro atoms. The van der Waals surface area contributed by atoms with Gasteiger partial charge in [-0.05, 0) is 104 Å². The number of hydrogen-bond acceptors (Lipinski definition) is 2. The molecule has 0 fully saturated rings. The number of rotatable bonds is 5. The third kappa shape index (κ3) is 5.36. The molecule has 0 aliphatic carbocycles. The van der Waals surface area contributed by atoms with Gasteiger partial charge in [-0.1, -0.05) is 140 Å². The second kappa shape index (κ2) is 12.6. The fourth-order valence-corrected chi connectivity index (χ4v) is 8.17. The summed E-state index contributed by atoms with van der Waals surface area (Å²) in [4.78, 5) is 10.5. The van der Waals surface area contributed by atoms with E-state index in [9.17, 15) is 0 Å². The highest BCUT2D eigenvalue weighted by atomic mass is 15.0. The molecule has 55 heavy (non-hydrogen) atoms. The van der Waals surface area contributed by atoms with E-state index in [0.29, 0.717) is 5.82 Å². The van der Waals surface area contributed by atoms with Crippen LogP contribution in [0.15, 0.2) is 200 Å². The van der Waals surface area contributed by atoms with Crippen LogP contribution in [0, 0.1) is 0 Å². The summed E-state index contributed by atoms with van der Waals surface area (Å²) in [5.74, 6) is 0.704. The van der Waals surface area contributed by atoms with Crippen molar-refractivity contribution < 1.29 is 0 Å². The molecule has 0 saturated heterocycles. The molecule has 2 heterocycles. The van der Waals surface area contributed by atoms with Crippen LogP contribution in [0.3, 0.4) is 0 Å². The van der Waals surface area contributed by atoms with Gasteiger partial charge in [0.1, 0.15) is 0 Å². The first-order chi connectivity index (χ1) is 27.2. The Morgan fingerprint density at radius 2 is 0.891 bits per heavy atom. The van der Waals surface area contributed by atoms with E-state index in [0.717, 1.165) is 44.5 Å². The van der Waals surface area contributed by atoms with Gasteiger partial charge in [-0.2, -0.15) is 0 Å². The van der Waals surface area contributed by atoms with Crippen LogP contribution in [0.2, 0.25) is 0 Å². The normalized spacial score (nSPS) is 11.6. The van der Waals surface area contributed by atoms with Crippen molar-refractivity contribution in [2.45, 2.75) is 0 Å². The fourth-order valence-electron chi connectivity index (χ4n) is 8.17. The number of para-hydroxylation sites is 1.